The van der Waals surface area contributed by atoms with Crippen molar-refractivity contribution >= 4 is 28.4 Å². The monoisotopic (exact) mass is 443 g/mol. The summed E-state index contributed by atoms with van der Waals surface area (Å²) in [5, 5.41) is 13.5. The average molecular weight is 444 g/mol. The summed E-state index contributed by atoms with van der Waals surface area (Å²) in [6.07, 6.45) is 7.49. The van der Waals surface area contributed by atoms with Crippen LogP contribution >= 0.6 is 11.6 Å². The van der Waals surface area contributed by atoms with E-state index in [1.54, 1.807) is 18.5 Å². The fraction of sp³-hybridized carbons (Fsp3) is 0.167. The van der Waals surface area contributed by atoms with E-state index in [-0.39, 0.29) is 5.91 Å². The number of nitrogens with one attached hydrogen (secondary N) is 2. The number of aromatic amines is 1. The van der Waals surface area contributed by atoms with Crippen molar-refractivity contribution in [1.82, 2.24) is 20.3 Å². The van der Waals surface area contributed by atoms with Gasteiger partial charge in [-0.3, -0.25) is 9.78 Å². The van der Waals surface area contributed by atoms with Gasteiger partial charge in [0.2, 0.25) is 5.91 Å². The Hall–Kier alpha value is -4.07. The minimum absolute atomic E-state index is 0.103. The highest BCUT2D eigenvalue weighted by Crippen LogP contribution is 2.38. The van der Waals surface area contributed by atoms with Crippen LogP contribution in [0.2, 0.25) is 5.02 Å². The van der Waals surface area contributed by atoms with Crippen LogP contribution < -0.4 is 5.32 Å². The van der Waals surface area contributed by atoms with E-state index in [9.17, 15) is 10.1 Å². The highest BCUT2D eigenvalue weighted by molar-refractivity contribution is 6.37. The number of pyridine rings is 1. The van der Waals surface area contributed by atoms with Crippen molar-refractivity contribution in [2.24, 2.45) is 0 Å². The lowest BCUT2D eigenvalue weighted by Gasteiger charge is -2.08. The summed E-state index contributed by atoms with van der Waals surface area (Å²) in [7, 11) is 0. The molecule has 0 aliphatic rings. The van der Waals surface area contributed by atoms with Gasteiger partial charge in [0.15, 0.2) is 6.39 Å². The number of hydrogen-bond donors (Lipinski definition) is 2. The molecule has 4 aromatic rings. The molecule has 3 aromatic heterocycles. The van der Waals surface area contributed by atoms with Gasteiger partial charge in [0.05, 0.1) is 22.5 Å². The first-order valence-electron chi connectivity index (χ1n) is 9.87. The number of rotatable bonds is 5. The summed E-state index contributed by atoms with van der Waals surface area (Å²) in [5.41, 5.74) is 4.10. The number of carbonyl (C=O) groups excluding carboxylic acids is 1. The zero-order chi connectivity index (χ0) is 22.5. The SMILES string of the molecule is CC(=O)NCCc1c[nH]c2c(-c3ncoc3CC#Cc3cccnc3)cc(C#N)c(Cl)c12. The quantitative estimate of drug-likeness (QED) is 0.453. The van der Waals surface area contributed by atoms with Crippen LogP contribution in [0.15, 0.2) is 47.6 Å². The second-order valence-electron chi connectivity index (χ2n) is 7.04. The highest BCUT2D eigenvalue weighted by Gasteiger charge is 2.20. The van der Waals surface area contributed by atoms with Gasteiger partial charge in [-0.05, 0) is 30.2 Å². The highest BCUT2D eigenvalue weighted by atomic mass is 35.5. The number of halogens is 1. The van der Waals surface area contributed by atoms with E-state index < -0.39 is 0 Å². The molecule has 0 radical (unpaired) electrons. The Bertz CT molecular complexity index is 1390. The van der Waals surface area contributed by atoms with Gasteiger partial charge in [0.1, 0.15) is 17.5 Å². The molecule has 0 unspecified atom stereocenters. The van der Waals surface area contributed by atoms with E-state index in [1.807, 2.05) is 18.3 Å². The Morgan fingerprint density at radius 2 is 2.28 bits per heavy atom. The third-order valence-corrected chi connectivity index (χ3v) is 5.30. The lowest BCUT2D eigenvalue weighted by molar-refractivity contribution is -0.118. The number of nitrogens with zero attached hydrogens (tertiary/aromatic N) is 3. The van der Waals surface area contributed by atoms with Gasteiger partial charge in [0, 0.05) is 48.6 Å². The summed E-state index contributed by atoms with van der Waals surface area (Å²) in [6.45, 7) is 1.93. The standard InChI is InChI=1S/C24H18ClN5O2/c1-15(31)28-9-7-17-13-29-24-19(10-18(11-26)22(25)21(17)24)23-20(32-14-30-23)6-2-4-16-5-3-8-27-12-16/h3,5,8,10,12-14,29H,6-7,9H2,1H3,(H,28,31). The Morgan fingerprint density at radius 3 is 3.03 bits per heavy atom. The molecule has 0 fully saturated rings. The first-order valence-corrected chi connectivity index (χ1v) is 10.2. The molecular weight excluding hydrogens is 426 g/mol. The molecule has 8 heteroatoms. The Kier molecular flexibility index (Phi) is 6.21. The maximum Gasteiger partial charge on any atom is 0.216 e. The van der Waals surface area contributed by atoms with E-state index in [0.717, 1.165) is 22.0 Å². The second kappa shape index (κ2) is 9.38. The number of carbonyl (C=O) groups is 1. The molecule has 1 amide bonds. The molecule has 0 aliphatic carbocycles. The van der Waals surface area contributed by atoms with Crippen LogP contribution in [0.3, 0.4) is 0 Å². The Labute approximate surface area is 189 Å². The number of benzene rings is 1. The average Bonchev–Trinajstić information content (AvgIpc) is 3.43. The predicted molar refractivity (Wildman–Crippen MR) is 121 cm³/mol. The van der Waals surface area contributed by atoms with Crippen LogP contribution in [0.4, 0.5) is 0 Å². The van der Waals surface area contributed by atoms with Gasteiger partial charge in [-0.2, -0.15) is 5.26 Å². The maximum absolute atomic E-state index is 11.2. The third kappa shape index (κ3) is 4.34. The van der Waals surface area contributed by atoms with Gasteiger partial charge < -0.3 is 14.7 Å². The van der Waals surface area contributed by atoms with Crippen molar-refractivity contribution in [2.45, 2.75) is 19.8 Å². The molecule has 7 nitrogen and oxygen atoms in total. The molecule has 3 heterocycles. The molecule has 0 spiro atoms. The minimum Gasteiger partial charge on any atom is -0.447 e. The normalized spacial score (nSPS) is 10.4. The fourth-order valence-corrected chi connectivity index (χ4v) is 3.77. The van der Waals surface area contributed by atoms with E-state index in [0.29, 0.717) is 47.0 Å². The van der Waals surface area contributed by atoms with Crippen LogP contribution in [0.5, 0.6) is 0 Å². The number of nitriles is 1. The van der Waals surface area contributed by atoms with E-state index in [1.165, 1.54) is 13.3 Å². The molecule has 0 atom stereocenters. The second-order valence-corrected chi connectivity index (χ2v) is 7.42. The molecule has 0 saturated heterocycles. The molecule has 4 rings (SSSR count). The smallest absolute Gasteiger partial charge is 0.216 e. The zero-order valence-electron chi connectivity index (χ0n) is 17.2. The molecule has 32 heavy (non-hydrogen) atoms. The molecule has 0 aliphatic heterocycles. The van der Waals surface area contributed by atoms with Crippen molar-refractivity contribution in [3.05, 3.63) is 70.7 Å². The zero-order valence-corrected chi connectivity index (χ0v) is 18.0. The van der Waals surface area contributed by atoms with Gasteiger partial charge in [-0.15, -0.1) is 0 Å². The van der Waals surface area contributed by atoms with Crippen molar-refractivity contribution in [2.75, 3.05) is 6.54 Å². The third-order valence-electron chi connectivity index (χ3n) is 4.90. The maximum atomic E-state index is 11.2. The van der Waals surface area contributed by atoms with E-state index >= 15 is 0 Å². The first-order chi connectivity index (χ1) is 15.6. The van der Waals surface area contributed by atoms with Crippen LogP contribution in [0, 0.1) is 23.2 Å². The molecule has 0 saturated carbocycles. The van der Waals surface area contributed by atoms with E-state index in [2.05, 4.69) is 38.2 Å². The van der Waals surface area contributed by atoms with Crippen LogP contribution in [0.25, 0.3) is 22.2 Å². The molecule has 2 N–H and O–H groups in total. The molecule has 1 aromatic carbocycles. The number of aromatic nitrogens is 3. The van der Waals surface area contributed by atoms with Gasteiger partial charge >= 0.3 is 0 Å². The molecular formula is C24H18ClN5O2. The van der Waals surface area contributed by atoms with Crippen molar-refractivity contribution in [1.29, 1.82) is 5.26 Å². The number of H-pyrrole nitrogens is 1. The number of hydrogen-bond acceptors (Lipinski definition) is 5. The van der Waals surface area contributed by atoms with Crippen LogP contribution in [-0.2, 0) is 17.6 Å². The predicted octanol–water partition coefficient (Wildman–Crippen LogP) is 4.02. The molecule has 0 bridgehead atoms. The first kappa shape index (κ1) is 21.2. The minimum atomic E-state index is -0.103. The van der Waals surface area contributed by atoms with E-state index in [4.69, 9.17) is 16.0 Å². The number of oxazole rings is 1. The fourth-order valence-electron chi connectivity index (χ4n) is 3.46. The summed E-state index contributed by atoms with van der Waals surface area (Å²) < 4.78 is 5.60. The van der Waals surface area contributed by atoms with Crippen molar-refractivity contribution < 1.29 is 9.21 Å². The Morgan fingerprint density at radius 1 is 1.41 bits per heavy atom. The van der Waals surface area contributed by atoms with Gasteiger partial charge in [0.25, 0.3) is 0 Å². The summed E-state index contributed by atoms with van der Waals surface area (Å²) >= 11 is 6.55. The summed E-state index contributed by atoms with van der Waals surface area (Å²) in [4.78, 5) is 22.9. The topological polar surface area (TPSA) is 108 Å². The Balaban J connectivity index is 1.73. The molecule has 158 valence electrons. The lowest BCUT2D eigenvalue weighted by Crippen LogP contribution is -2.22. The number of amides is 1. The van der Waals surface area contributed by atoms with Crippen LogP contribution in [-0.4, -0.2) is 27.4 Å². The lowest BCUT2D eigenvalue weighted by atomic mass is 10.00. The van der Waals surface area contributed by atoms with Crippen molar-refractivity contribution in [3.63, 3.8) is 0 Å². The largest absolute Gasteiger partial charge is 0.447 e. The van der Waals surface area contributed by atoms with Gasteiger partial charge in [-0.1, -0.05) is 23.4 Å². The van der Waals surface area contributed by atoms with Crippen molar-refractivity contribution in [3.8, 4) is 29.2 Å². The van der Waals surface area contributed by atoms with Crippen LogP contribution in [0.1, 0.15) is 29.4 Å². The van der Waals surface area contributed by atoms with Gasteiger partial charge in [-0.25, -0.2) is 4.98 Å². The number of fused-ring (bicyclic) bond motifs is 1. The summed E-state index contributed by atoms with van der Waals surface area (Å²) in [5.74, 6) is 6.62. The summed E-state index contributed by atoms with van der Waals surface area (Å²) in [6, 6.07) is 7.56.